The van der Waals surface area contributed by atoms with Gasteiger partial charge in [0.2, 0.25) is 0 Å². The maximum absolute atomic E-state index is 5.88. The molecule has 0 aliphatic rings. The van der Waals surface area contributed by atoms with Gasteiger partial charge in [0, 0.05) is 5.02 Å². The molecule has 2 aromatic rings. The summed E-state index contributed by atoms with van der Waals surface area (Å²) in [7, 11) is 0. The van der Waals surface area contributed by atoms with Gasteiger partial charge in [0.15, 0.2) is 0 Å². The van der Waals surface area contributed by atoms with Gasteiger partial charge in [-0.15, -0.1) is 11.3 Å². The van der Waals surface area contributed by atoms with Crippen LogP contribution in [0.25, 0.3) is 0 Å². The van der Waals surface area contributed by atoms with E-state index in [2.05, 4.69) is 43.4 Å². The number of thiophene rings is 1. The van der Waals surface area contributed by atoms with E-state index in [1.54, 1.807) is 11.3 Å². The summed E-state index contributed by atoms with van der Waals surface area (Å²) in [5.74, 6) is 5.65. The lowest BCUT2D eigenvalue weighted by Crippen LogP contribution is -2.29. The average molecular weight is 411 g/mol. The number of rotatable bonds is 4. The molecule has 1 aromatic carbocycles. The van der Waals surface area contributed by atoms with E-state index in [0.717, 1.165) is 24.6 Å². The Balaban J connectivity index is 2.19. The molecule has 1 heterocycles. The van der Waals surface area contributed by atoms with E-state index in [1.165, 1.54) is 5.56 Å². The first kappa shape index (κ1) is 14.5. The number of hydrogen-bond acceptors (Lipinski definition) is 3. The van der Waals surface area contributed by atoms with Gasteiger partial charge in [-0.1, -0.05) is 23.7 Å². The summed E-state index contributed by atoms with van der Waals surface area (Å²) in [6, 6.07) is 9.97. The highest BCUT2D eigenvalue weighted by molar-refractivity contribution is 9.12. The first-order valence-corrected chi connectivity index (χ1v) is 8.03. The second-order valence-electron chi connectivity index (χ2n) is 3.83. The molecule has 0 saturated heterocycles. The monoisotopic (exact) mass is 408 g/mol. The molecule has 18 heavy (non-hydrogen) atoms. The van der Waals surface area contributed by atoms with Crippen LogP contribution in [0.5, 0.6) is 0 Å². The van der Waals surface area contributed by atoms with Crippen LogP contribution in [-0.2, 0) is 6.42 Å². The summed E-state index contributed by atoms with van der Waals surface area (Å²) in [6.45, 7) is 0. The Kier molecular flexibility index (Phi) is 5.24. The van der Waals surface area contributed by atoms with Gasteiger partial charge >= 0.3 is 0 Å². The second kappa shape index (κ2) is 6.50. The van der Waals surface area contributed by atoms with Crippen molar-refractivity contribution < 1.29 is 0 Å². The molecule has 0 aliphatic heterocycles. The number of hydrazine groups is 1. The molecule has 0 bridgehead atoms. The molecule has 3 N–H and O–H groups in total. The van der Waals surface area contributed by atoms with Crippen molar-refractivity contribution in [1.29, 1.82) is 0 Å². The van der Waals surface area contributed by atoms with Gasteiger partial charge in [-0.2, -0.15) is 0 Å². The third-order valence-corrected chi connectivity index (χ3v) is 5.25. The average Bonchev–Trinajstić information content (AvgIpc) is 2.68. The lowest BCUT2D eigenvalue weighted by Gasteiger charge is -2.15. The summed E-state index contributed by atoms with van der Waals surface area (Å²) >= 11 is 14.6. The van der Waals surface area contributed by atoms with Crippen LogP contribution in [-0.4, -0.2) is 0 Å². The van der Waals surface area contributed by atoms with E-state index >= 15 is 0 Å². The zero-order chi connectivity index (χ0) is 13.1. The Bertz CT molecular complexity index is 527. The van der Waals surface area contributed by atoms with Crippen molar-refractivity contribution in [2.45, 2.75) is 12.5 Å². The number of benzene rings is 1. The van der Waals surface area contributed by atoms with Gasteiger partial charge < -0.3 is 0 Å². The highest BCUT2D eigenvalue weighted by Gasteiger charge is 2.16. The van der Waals surface area contributed by atoms with E-state index in [1.807, 2.05) is 24.3 Å². The van der Waals surface area contributed by atoms with Crippen LogP contribution in [0.4, 0.5) is 0 Å². The van der Waals surface area contributed by atoms with Crippen LogP contribution in [0.15, 0.2) is 37.9 Å². The van der Waals surface area contributed by atoms with Crippen molar-refractivity contribution in [3.63, 3.8) is 0 Å². The Hall–Kier alpha value is 0.0900. The van der Waals surface area contributed by atoms with Crippen LogP contribution in [0, 0.1) is 0 Å². The van der Waals surface area contributed by atoms with Crippen LogP contribution in [0.3, 0.4) is 0 Å². The molecule has 0 aliphatic carbocycles. The van der Waals surface area contributed by atoms with Crippen LogP contribution < -0.4 is 11.3 Å². The van der Waals surface area contributed by atoms with E-state index in [9.17, 15) is 0 Å². The molecule has 2 nitrogen and oxygen atoms in total. The molecule has 0 radical (unpaired) electrons. The Morgan fingerprint density at radius 2 is 1.94 bits per heavy atom. The largest absolute Gasteiger partial charge is 0.271 e. The van der Waals surface area contributed by atoms with Crippen molar-refractivity contribution in [2.24, 2.45) is 5.84 Å². The smallest absolute Gasteiger partial charge is 0.0758 e. The van der Waals surface area contributed by atoms with Crippen molar-refractivity contribution in [1.82, 2.24) is 5.43 Å². The van der Waals surface area contributed by atoms with Crippen molar-refractivity contribution in [3.8, 4) is 0 Å². The number of nitrogens with one attached hydrogen (secondary N) is 1. The third kappa shape index (κ3) is 3.56. The predicted molar refractivity (Wildman–Crippen MR) is 84.9 cm³/mol. The molecule has 1 aromatic heterocycles. The van der Waals surface area contributed by atoms with E-state index in [4.69, 9.17) is 17.4 Å². The van der Waals surface area contributed by atoms with E-state index < -0.39 is 0 Å². The minimum atomic E-state index is 0.0723. The van der Waals surface area contributed by atoms with Gasteiger partial charge in [-0.25, -0.2) is 0 Å². The summed E-state index contributed by atoms with van der Waals surface area (Å²) in [6.07, 6.45) is 0.815. The Morgan fingerprint density at radius 3 is 2.44 bits per heavy atom. The topological polar surface area (TPSA) is 38.0 Å². The minimum absolute atomic E-state index is 0.0723. The quantitative estimate of drug-likeness (QED) is 0.568. The molecule has 0 fully saturated rings. The maximum atomic E-state index is 5.88. The number of hydrogen-bond donors (Lipinski definition) is 2. The molecule has 2 rings (SSSR count). The molecular weight excluding hydrogens is 399 g/mol. The van der Waals surface area contributed by atoms with Crippen molar-refractivity contribution in [3.05, 3.63) is 54.1 Å². The fourth-order valence-electron chi connectivity index (χ4n) is 1.71. The van der Waals surface area contributed by atoms with Gasteiger partial charge in [-0.3, -0.25) is 11.3 Å². The fraction of sp³-hybridized carbons (Fsp3) is 0.167. The Morgan fingerprint density at radius 1 is 1.28 bits per heavy atom. The first-order chi connectivity index (χ1) is 8.60. The molecular formula is C12H11Br2ClN2S. The molecule has 6 heteroatoms. The zero-order valence-electron chi connectivity index (χ0n) is 9.29. The van der Waals surface area contributed by atoms with Gasteiger partial charge in [0.25, 0.3) is 0 Å². The van der Waals surface area contributed by atoms with Crippen molar-refractivity contribution in [2.75, 3.05) is 0 Å². The summed E-state index contributed by atoms with van der Waals surface area (Å²) in [5, 5.41) is 0.746. The molecule has 96 valence electrons. The molecule has 0 saturated carbocycles. The molecule has 0 spiro atoms. The van der Waals surface area contributed by atoms with Crippen molar-refractivity contribution >= 4 is 54.8 Å². The second-order valence-corrected chi connectivity index (χ2v) is 8.02. The summed E-state index contributed by atoms with van der Waals surface area (Å²) in [4.78, 5) is 0. The number of nitrogens with two attached hydrogens (primary N) is 1. The predicted octanol–water partition coefficient (Wildman–Crippen LogP) is 4.67. The van der Waals surface area contributed by atoms with E-state index in [0.29, 0.717) is 0 Å². The van der Waals surface area contributed by atoms with Gasteiger partial charge in [0.1, 0.15) is 0 Å². The normalized spacial score (nSPS) is 12.7. The van der Waals surface area contributed by atoms with Gasteiger partial charge in [0.05, 0.1) is 13.6 Å². The highest BCUT2D eigenvalue weighted by atomic mass is 79.9. The lowest BCUT2D eigenvalue weighted by atomic mass is 10.0. The lowest BCUT2D eigenvalue weighted by molar-refractivity contribution is 0.552. The van der Waals surface area contributed by atoms with Crippen LogP contribution in [0.2, 0.25) is 5.02 Å². The minimum Gasteiger partial charge on any atom is -0.271 e. The maximum Gasteiger partial charge on any atom is 0.0758 e. The molecule has 1 atom stereocenters. The molecule has 1 unspecified atom stereocenters. The molecule has 0 amide bonds. The fourth-order valence-corrected chi connectivity index (χ4v) is 4.81. The number of halogens is 3. The van der Waals surface area contributed by atoms with Crippen LogP contribution >= 0.6 is 54.8 Å². The van der Waals surface area contributed by atoms with E-state index in [-0.39, 0.29) is 6.04 Å². The standard InChI is InChI=1S/C12H11Br2ClN2S/c13-11-6-9(12(14)18-11)10(17-16)5-7-1-3-8(15)4-2-7/h1-4,6,10,17H,5,16H2. The summed E-state index contributed by atoms with van der Waals surface area (Å²) in [5.41, 5.74) is 5.21. The van der Waals surface area contributed by atoms with Gasteiger partial charge in [-0.05, 0) is 67.6 Å². The third-order valence-electron chi connectivity index (χ3n) is 2.61. The first-order valence-electron chi connectivity index (χ1n) is 5.25. The zero-order valence-corrected chi connectivity index (χ0v) is 14.0. The Labute approximate surface area is 132 Å². The highest BCUT2D eigenvalue weighted by Crippen LogP contribution is 2.36. The van der Waals surface area contributed by atoms with Crippen LogP contribution in [0.1, 0.15) is 17.2 Å². The summed E-state index contributed by atoms with van der Waals surface area (Å²) < 4.78 is 2.17. The SMILES string of the molecule is NNC(Cc1ccc(Cl)cc1)c1cc(Br)sc1Br.